The van der Waals surface area contributed by atoms with Gasteiger partial charge in [-0.25, -0.2) is 4.79 Å². The van der Waals surface area contributed by atoms with Gasteiger partial charge in [-0.1, -0.05) is 18.2 Å². The Morgan fingerprint density at radius 2 is 1.90 bits per heavy atom. The van der Waals surface area contributed by atoms with Gasteiger partial charge in [0.1, 0.15) is 0 Å². The summed E-state index contributed by atoms with van der Waals surface area (Å²) in [6.45, 7) is 3.58. The van der Waals surface area contributed by atoms with Crippen LogP contribution in [-0.2, 0) is 13.1 Å². The molecule has 0 aliphatic heterocycles. The standard InChI is InChI=1S/C16H18N2O2/c1-12-4-3-9-17-15(12)11-18(2)10-13-5-7-14(8-6-13)16(19)20/h3-9H,10-11H2,1-2H3,(H,19,20). The fraction of sp³-hybridized carbons (Fsp3) is 0.250. The first-order valence-corrected chi connectivity index (χ1v) is 6.47. The van der Waals surface area contributed by atoms with Gasteiger partial charge >= 0.3 is 5.97 Å². The molecule has 0 aliphatic rings. The molecule has 0 aliphatic carbocycles. The van der Waals surface area contributed by atoms with E-state index < -0.39 is 5.97 Å². The van der Waals surface area contributed by atoms with Crippen molar-refractivity contribution in [2.24, 2.45) is 0 Å². The van der Waals surface area contributed by atoms with Crippen LogP contribution in [0.15, 0.2) is 42.6 Å². The van der Waals surface area contributed by atoms with Gasteiger partial charge in [0.2, 0.25) is 0 Å². The van der Waals surface area contributed by atoms with Crippen LogP contribution in [0, 0.1) is 6.92 Å². The van der Waals surface area contributed by atoms with Gasteiger partial charge in [0, 0.05) is 19.3 Å². The zero-order valence-electron chi connectivity index (χ0n) is 11.7. The van der Waals surface area contributed by atoms with E-state index in [0.29, 0.717) is 5.56 Å². The maximum absolute atomic E-state index is 10.8. The van der Waals surface area contributed by atoms with Crippen molar-refractivity contribution in [1.29, 1.82) is 0 Å². The molecule has 20 heavy (non-hydrogen) atoms. The highest BCUT2D eigenvalue weighted by molar-refractivity contribution is 5.87. The van der Waals surface area contributed by atoms with Crippen LogP contribution >= 0.6 is 0 Å². The van der Waals surface area contributed by atoms with Gasteiger partial charge in [-0.3, -0.25) is 9.88 Å². The van der Waals surface area contributed by atoms with Crippen LogP contribution in [0.1, 0.15) is 27.2 Å². The molecule has 0 fully saturated rings. The zero-order chi connectivity index (χ0) is 14.5. The Hall–Kier alpha value is -2.20. The Bertz CT molecular complexity index is 594. The number of aryl methyl sites for hydroxylation is 1. The van der Waals surface area contributed by atoms with Gasteiger partial charge in [-0.15, -0.1) is 0 Å². The third kappa shape index (κ3) is 3.65. The van der Waals surface area contributed by atoms with Crippen molar-refractivity contribution in [3.63, 3.8) is 0 Å². The maximum Gasteiger partial charge on any atom is 0.335 e. The van der Waals surface area contributed by atoms with Crippen molar-refractivity contribution in [3.05, 3.63) is 65.0 Å². The number of carbonyl (C=O) groups is 1. The molecule has 0 amide bonds. The summed E-state index contributed by atoms with van der Waals surface area (Å²) in [5.74, 6) is -0.894. The van der Waals surface area contributed by atoms with Gasteiger partial charge in [0.05, 0.1) is 11.3 Å². The Labute approximate surface area is 118 Å². The maximum atomic E-state index is 10.8. The molecule has 0 bridgehead atoms. The van der Waals surface area contributed by atoms with Crippen LogP contribution in [-0.4, -0.2) is 28.0 Å². The second-order valence-electron chi connectivity index (χ2n) is 4.94. The molecule has 2 rings (SSSR count). The molecule has 104 valence electrons. The van der Waals surface area contributed by atoms with Gasteiger partial charge in [0.15, 0.2) is 0 Å². The molecular weight excluding hydrogens is 252 g/mol. The predicted octanol–water partition coefficient (Wildman–Crippen LogP) is 2.72. The molecule has 4 heteroatoms. The van der Waals surface area contributed by atoms with Gasteiger partial charge in [0.25, 0.3) is 0 Å². The molecular formula is C16H18N2O2. The summed E-state index contributed by atoms with van der Waals surface area (Å²) in [7, 11) is 2.03. The molecule has 0 spiro atoms. The molecule has 1 heterocycles. The lowest BCUT2D eigenvalue weighted by Crippen LogP contribution is -2.18. The number of carboxylic acids is 1. The molecule has 0 saturated carbocycles. The summed E-state index contributed by atoms with van der Waals surface area (Å²) in [6, 6.07) is 11.0. The van der Waals surface area contributed by atoms with Crippen molar-refractivity contribution in [2.75, 3.05) is 7.05 Å². The van der Waals surface area contributed by atoms with Crippen molar-refractivity contribution in [3.8, 4) is 0 Å². The lowest BCUT2D eigenvalue weighted by molar-refractivity contribution is 0.0697. The lowest BCUT2D eigenvalue weighted by Gasteiger charge is -2.17. The predicted molar refractivity (Wildman–Crippen MR) is 77.5 cm³/mol. The first kappa shape index (κ1) is 14.2. The number of pyridine rings is 1. The van der Waals surface area contributed by atoms with Gasteiger partial charge in [-0.05, 0) is 43.3 Å². The highest BCUT2D eigenvalue weighted by atomic mass is 16.4. The first-order chi connectivity index (χ1) is 9.56. The van der Waals surface area contributed by atoms with E-state index >= 15 is 0 Å². The largest absolute Gasteiger partial charge is 0.478 e. The number of carboxylic acid groups (broad SMARTS) is 1. The zero-order valence-corrected chi connectivity index (χ0v) is 11.7. The second kappa shape index (κ2) is 6.30. The van der Waals surface area contributed by atoms with Crippen molar-refractivity contribution in [2.45, 2.75) is 20.0 Å². The number of nitrogens with zero attached hydrogens (tertiary/aromatic N) is 2. The summed E-state index contributed by atoms with van der Waals surface area (Å²) < 4.78 is 0. The van der Waals surface area contributed by atoms with Crippen molar-refractivity contribution < 1.29 is 9.90 Å². The minimum Gasteiger partial charge on any atom is -0.478 e. The normalized spacial score (nSPS) is 10.8. The third-order valence-corrected chi connectivity index (χ3v) is 3.19. The van der Waals surface area contributed by atoms with E-state index in [4.69, 9.17) is 5.11 Å². The van der Waals surface area contributed by atoms with Crippen LogP contribution in [0.3, 0.4) is 0 Å². The summed E-state index contributed by atoms with van der Waals surface area (Å²) in [5.41, 5.74) is 3.65. The molecule has 2 aromatic rings. The summed E-state index contributed by atoms with van der Waals surface area (Å²) in [4.78, 5) is 17.3. The second-order valence-corrected chi connectivity index (χ2v) is 4.94. The Morgan fingerprint density at radius 1 is 1.20 bits per heavy atom. The molecule has 1 aromatic heterocycles. The highest BCUT2D eigenvalue weighted by Crippen LogP contribution is 2.10. The van der Waals surface area contributed by atoms with E-state index in [2.05, 4.69) is 22.9 Å². The van der Waals surface area contributed by atoms with Crippen LogP contribution in [0.2, 0.25) is 0 Å². The van der Waals surface area contributed by atoms with E-state index in [1.807, 2.05) is 25.2 Å². The average Bonchev–Trinajstić information content (AvgIpc) is 2.42. The minimum atomic E-state index is -0.894. The van der Waals surface area contributed by atoms with Crippen LogP contribution in [0.4, 0.5) is 0 Å². The number of aromatic nitrogens is 1. The van der Waals surface area contributed by atoms with E-state index in [-0.39, 0.29) is 0 Å². The quantitative estimate of drug-likeness (QED) is 0.907. The van der Waals surface area contributed by atoms with Gasteiger partial charge in [-0.2, -0.15) is 0 Å². The molecule has 0 atom stereocenters. The Balaban J connectivity index is 1.99. The van der Waals surface area contributed by atoms with Crippen molar-refractivity contribution in [1.82, 2.24) is 9.88 Å². The third-order valence-electron chi connectivity index (χ3n) is 3.19. The Morgan fingerprint density at radius 3 is 2.50 bits per heavy atom. The number of aromatic carboxylic acids is 1. The topological polar surface area (TPSA) is 53.4 Å². The van der Waals surface area contributed by atoms with E-state index in [0.717, 1.165) is 24.3 Å². The molecule has 1 N–H and O–H groups in total. The smallest absolute Gasteiger partial charge is 0.335 e. The molecule has 4 nitrogen and oxygen atoms in total. The number of hydrogen-bond donors (Lipinski definition) is 1. The lowest BCUT2D eigenvalue weighted by atomic mass is 10.1. The Kier molecular flexibility index (Phi) is 4.48. The monoisotopic (exact) mass is 270 g/mol. The fourth-order valence-electron chi connectivity index (χ4n) is 2.06. The number of benzene rings is 1. The molecule has 0 unspecified atom stereocenters. The van der Waals surface area contributed by atoms with E-state index in [1.54, 1.807) is 18.3 Å². The summed E-state index contributed by atoms with van der Waals surface area (Å²) in [6.07, 6.45) is 1.80. The summed E-state index contributed by atoms with van der Waals surface area (Å²) in [5, 5.41) is 8.86. The number of hydrogen-bond acceptors (Lipinski definition) is 3. The van der Waals surface area contributed by atoms with Crippen molar-refractivity contribution >= 4 is 5.97 Å². The SMILES string of the molecule is Cc1cccnc1CN(C)Cc1ccc(C(=O)O)cc1. The van der Waals surface area contributed by atoms with E-state index in [9.17, 15) is 4.79 Å². The van der Waals surface area contributed by atoms with Crippen LogP contribution in [0.5, 0.6) is 0 Å². The van der Waals surface area contributed by atoms with Gasteiger partial charge < -0.3 is 5.11 Å². The molecule has 0 saturated heterocycles. The minimum absolute atomic E-state index is 0.317. The highest BCUT2D eigenvalue weighted by Gasteiger charge is 2.06. The molecule has 0 radical (unpaired) electrons. The first-order valence-electron chi connectivity index (χ1n) is 6.47. The number of rotatable bonds is 5. The summed E-state index contributed by atoms with van der Waals surface area (Å²) >= 11 is 0. The van der Waals surface area contributed by atoms with E-state index in [1.165, 1.54) is 5.56 Å². The molecule has 1 aromatic carbocycles. The van der Waals surface area contributed by atoms with Crippen LogP contribution in [0.25, 0.3) is 0 Å². The van der Waals surface area contributed by atoms with Crippen LogP contribution < -0.4 is 0 Å². The fourth-order valence-corrected chi connectivity index (χ4v) is 2.06. The average molecular weight is 270 g/mol.